The van der Waals surface area contributed by atoms with E-state index in [1.165, 1.54) is 0 Å². The average molecular weight is 630 g/mol. The second-order valence-corrected chi connectivity index (χ2v) is 12.7. The molecule has 3 heterocycles. The van der Waals surface area contributed by atoms with Crippen LogP contribution in [0.2, 0.25) is 5.02 Å². The van der Waals surface area contributed by atoms with Crippen LogP contribution >= 0.6 is 20.0 Å². The van der Waals surface area contributed by atoms with Gasteiger partial charge in [0.05, 0.1) is 29.5 Å². The number of halogens is 1. The first-order valence-corrected chi connectivity index (χ1v) is 16.1. The summed E-state index contributed by atoms with van der Waals surface area (Å²) < 4.78 is 17.0. The van der Waals surface area contributed by atoms with Crippen molar-refractivity contribution in [2.45, 2.75) is 18.9 Å². The molecule has 0 bridgehead atoms. The molecule has 2 aliphatic rings. The minimum atomic E-state index is -1.26. The van der Waals surface area contributed by atoms with Crippen molar-refractivity contribution in [2.75, 3.05) is 89.3 Å². The van der Waals surface area contributed by atoms with Crippen molar-refractivity contribution in [3.05, 3.63) is 53.7 Å². The van der Waals surface area contributed by atoms with Gasteiger partial charge in [0.15, 0.2) is 5.82 Å². The lowest BCUT2D eigenvalue weighted by Crippen LogP contribution is -2.52. The molecule has 0 atom stereocenters. The predicted octanol–water partition coefficient (Wildman–Crippen LogP) is 4.43. The van der Waals surface area contributed by atoms with Crippen molar-refractivity contribution in [1.29, 1.82) is 0 Å². The number of para-hydroxylation sites is 1. The summed E-state index contributed by atoms with van der Waals surface area (Å²) in [6.45, 7) is 6.64. The highest BCUT2D eigenvalue weighted by Gasteiger charge is 2.28. The smallest absolute Gasteiger partial charge is 0.229 e. The third-order valence-corrected chi connectivity index (χ3v) is 9.58. The van der Waals surface area contributed by atoms with Gasteiger partial charge in [-0.2, -0.15) is 4.98 Å². The maximum absolute atomic E-state index is 9.48. The van der Waals surface area contributed by atoms with E-state index in [1.54, 1.807) is 20.4 Å². The number of hydrogen-bond donors (Lipinski definition) is 3. The van der Waals surface area contributed by atoms with E-state index in [0.717, 1.165) is 74.5 Å². The van der Waals surface area contributed by atoms with Gasteiger partial charge in [0.25, 0.3) is 0 Å². The highest BCUT2D eigenvalue weighted by Crippen LogP contribution is 2.39. The first-order chi connectivity index (χ1) is 21.0. The Morgan fingerprint density at radius 1 is 1.00 bits per heavy atom. The molecule has 0 aliphatic carbocycles. The van der Waals surface area contributed by atoms with Crippen LogP contribution in [0.4, 0.5) is 28.8 Å². The minimum Gasteiger partial charge on any atom is -0.489 e. The van der Waals surface area contributed by atoms with Crippen LogP contribution in [0.25, 0.3) is 0 Å². The number of likely N-dealkylation sites (N-methyl/N-ethyl adjacent to an activating group) is 1. The Kier molecular flexibility index (Phi) is 11.3. The summed E-state index contributed by atoms with van der Waals surface area (Å²) in [5.74, 6) is 1.54. The van der Waals surface area contributed by atoms with Gasteiger partial charge < -0.3 is 39.3 Å². The molecule has 2 aromatic carbocycles. The number of ether oxygens (including phenoxy) is 1. The van der Waals surface area contributed by atoms with Gasteiger partial charge in [-0.05, 0) is 44.2 Å². The molecule has 0 amide bonds. The summed E-state index contributed by atoms with van der Waals surface area (Å²) in [4.78, 5) is 16.5. The Labute approximate surface area is 260 Å². The largest absolute Gasteiger partial charge is 0.489 e. The zero-order valence-corrected chi connectivity index (χ0v) is 26.7. The second kappa shape index (κ2) is 15.3. The van der Waals surface area contributed by atoms with E-state index in [4.69, 9.17) is 25.4 Å². The summed E-state index contributed by atoms with van der Waals surface area (Å²) in [5.41, 5.74) is 2.57. The Morgan fingerprint density at radius 3 is 2.47 bits per heavy atom. The zero-order valence-electron chi connectivity index (χ0n) is 25.0. The molecule has 0 radical (unpaired) electrons. The Hall–Kier alpha value is -2.76. The zero-order chi connectivity index (χ0) is 30.2. The number of piperazine rings is 1. The van der Waals surface area contributed by atoms with Gasteiger partial charge >= 0.3 is 0 Å². The van der Waals surface area contributed by atoms with E-state index >= 15 is 0 Å². The maximum atomic E-state index is 9.48. The number of nitrogens with one attached hydrogen (secondary N) is 2. The monoisotopic (exact) mass is 629 g/mol. The molecule has 0 unspecified atom stereocenters. The molecule has 0 saturated carbocycles. The van der Waals surface area contributed by atoms with Crippen LogP contribution in [0.3, 0.4) is 0 Å². The molecule has 2 saturated heterocycles. The summed E-state index contributed by atoms with van der Waals surface area (Å²) in [6, 6.07) is 14.3. The Morgan fingerprint density at radius 2 is 1.74 bits per heavy atom. The standard InChI is InChI=1S/C30H41ClN7O4P/c1-36-14-16-37(17-15-36)23-10-12-38(13-11-23)26-9-8-22(20-27(26)42-19-18-39)33-30-32-21-24(31)29(35-30)34-25-6-4-5-7-28(25)43(40-2)41-3/h4-9,20-21,23,39H,10-19H2,1-3H3,(H2,32,33,34,35). The normalized spacial score (nSPS) is 16.9. The van der Waals surface area contributed by atoms with Crippen molar-refractivity contribution in [1.82, 2.24) is 19.8 Å². The summed E-state index contributed by atoms with van der Waals surface area (Å²) in [7, 11) is 4.18. The van der Waals surface area contributed by atoms with Crippen LogP contribution < -0.4 is 25.6 Å². The van der Waals surface area contributed by atoms with E-state index in [9.17, 15) is 5.11 Å². The molecule has 13 heteroatoms. The third-order valence-electron chi connectivity index (χ3n) is 7.85. The van der Waals surface area contributed by atoms with Gasteiger partial charge in [0.1, 0.15) is 17.4 Å². The molecular weight excluding hydrogens is 589 g/mol. The van der Waals surface area contributed by atoms with E-state index < -0.39 is 8.38 Å². The lowest BCUT2D eigenvalue weighted by Gasteiger charge is -2.42. The molecule has 232 valence electrons. The number of rotatable bonds is 12. The molecule has 11 nitrogen and oxygen atoms in total. The number of piperidine rings is 1. The fraction of sp³-hybridized carbons (Fsp3) is 0.467. The van der Waals surface area contributed by atoms with Crippen molar-refractivity contribution in [3.63, 3.8) is 0 Å². The predicted molar refractivity (Wildman–Crippen MR) is 174 cm³/mol. The molecule has 0 spiro atoms. The van der Waals surface area contributed by atoms with Crippen LogP contribution in [-0.2, 0) is 9.05 Å². The lowest BCUT2D eigenvalue weighted by molar-refractivity contribution is 0.0981. The third kappa shape index (κ3) is 8.05. The van der Waals surface area contributed by atoms with Gasteiger partial charge in [-0.15, -0.1) is 0 Å². The van der Waals surface area contributed by atoms with Crippen molar-refractivity contribution in [2.24, 2.45) is 0 Å². The Balaban J connectivity index is 1.29. The SMILES string of the molecule is COP(OC)c1ccccc1Nc1nc(Nc2ccc(N3CCC(N4CCN(C)CC4)CC3)c(OCCO)c2)ncc1Cl. The summed E-state index contributed by atoms with van der Waals surface area (Å²) in [5, 5.41) is 17.3. The second-order valence-electron chi connectivity index (χ2n) is 10.6. The first-order valence-electron chi connectivity index (χ1n) is 14.6. The molecule has 1 aromatic heterocycles. The minimum absolute atomic E-state index is 0.0618. The van der Waals surface area contributed by atoms with Crippen molar-refractivity contribution < 1.29 is 18.9 Å². The van der Waals surface area contributed by atoms with E-state index in [1.807, 2.05) is 36.4 Å². The molecule has 2 aliphatic heterocycles. The molecular formula is C30H41ClN7O4P. The fourth-order valence-electron chi connectivity index (χ4n) is 5.56. The highest BCUT2D eigenvalue weighted by atomic mass is 35.5. The van der Waals surface area contributed by atoms with Gasteiger partial charge in [0, 0.05) is 71.3 Å². The number of benzene rings is 2. The van der Waals surface area contributed by atoms with Crippen LogP contribution in [0.15, 0.2) is 48.7 Å². The maximum Gasteiger partial charge on any atom is 0.229 e. The molecule has 3 aromatic rings. The van der Waals surface area contributed by atoms with Crippen LogP contribution in [0.1, 0.15) is 12.8 Å². The quantitative estimate of drug-likeness (QED) is 0.248. The number of aromatic nitrogens is 2. The fourth-order valence-corrected chi connectivity index (χ4v) is 6.78. The number of hydrogen-bond acceptors (Lipinski definition) is 11. The number of aliphatic hydroxyl groups is 1. The van der Waals surface area contributed by atoms with Crippen LogP contribution in [0, 0.1) is 0 Å². The first kappa shape index (κ1) is 31.7. The Bertz CT molecular complexity index is 1340. The van der Waals surface area contributed by atoms with E-state index in [-0.39, 0.29) is 13.2 Å². The molecule has 3 N–H and O–H groups in total. The summed E-state index contributed by atoms with van der Waals surface area (Å²) in [6.07, 6.45) is 3.80. The van der Waals surface area contributed by atoms with Gasteiger partial charge in [0.2, 0.25) is 14.3 Å². The lowest BCUT2D eigenvalue weighted by atomic mass is 10.0. The molecule has 5 rings (SSSR count). The molecule has 43 heavy (non-hydrogen) atoms. The van der Waals surface area contributed by atoms with E-state index in [0.29, 0.717) is 28.6 Å². The van der Waals surface area contributed by atoms with Crippen molar-refractivity contribution in [3.8, 4) is 5.75 Å². The van der Waals surface area contributed by atoms with Gasteiger partial charge in [-0.3, -0.25) is 4.90 Å². The topological polar surface area (TPSA) is 107 Å². The van der Waals surface area contributed by atoms with E-state index in [2.05, 4.69) is 48.4 Å². The summed E-state index contributed by atoms with van der Waals surface area (Å²) >= 11 is 6.48. The van der Waals surface area contributed by atoms with Gasteiger partial charge in [-0.25, -0.2) is 4.98 Å². The number of anilines is 5. The number of nitrogens with zero attached hydrogens (tertiary/aromatic N) is 5. The van der Waals surface area contributed by atoms with Gasteiger partial charge in [-0.1, -0.05) is 23.7 Å². The van der Waals surface area contributed by atoms with Crippen LogP contribution in [0.5, 0.6) is 5.75 Å². The average Bonchev–Trinajstić information content (AvgIpc) is 3.03. The highest BCUT2D eigenvalue weighted by molar-refractivity contribution is 7.56. The molecule has 2 fully saturated rings. The van der Waals surface area contributed by atoms with Crippen molar-refractivity contribution >= 4 is 54.1 Å². The van der Waals surface area contributed by atoms with Crippen LogP contribution in [-0.4, -0.2) is 105 Å². The number of aliphatic hydroxyl groups excluding tert-OH is 1.